The Bertz CT molecular complexity index is 1180. The van der Waals surface area contributed by atoms with E-state index in [1.54, 1.807) is 24.3 Å². The van der Waals surface area contributed by atoms with Gasteiger partial charge in [0.05, 0.1) is 0 Å². The number of anilines is 1. The molecule has 2 aromatic carbocycles. The van der Waals surface area contributed by atoms with Crippen molar-refractivity contribution in [2.24, 2.45) is 11.8 Å². The maximum absolute atomic E-state index is 14.3. The minimum absolute atomic E-state index is 0.0812. The van der Waals surface area contributed by atoms with Gasteiger partial charge in [0.25, 0.3) is 0 Å². The molecule has 0 radical (unpaired) electrons. The van der Waals surface area contributed by atoms with Crippen LogP contribution >= 0.6 is 0 Å². The van der Waals surface area contributed by atoms with Crippen LogP contribution < -0.4 is 16.0 Å². The molecule has 1 fully saturated rings. The Hall–Kier alpha value is -3.68. The minimum Gasteiger partial charge on any atom is -0.352 e. The van der Waals surface area contributed by atoms with Crippen LogP contribution in [-0.2, 0) is 32.0 Å². The zero-order chi connectivity index (χ0) is 27.6. The van der Waals surface area contributed by atoms with Crippen molar-refractivity contribution in [2.45, 2.75) is 78.0 Å². The van der Waals surface area contributed by atoms with Gasteiger partial charge in [-0.15, -0.1) is 0 Å². The third-order valence-corrected chi connectivity index (χ3v) is 7.21. The first-order valence-corrected chi connectivity index (χ1v) is 13.4. The van der Waals surface area contributed by atoms with Crippen molar-refractivity contribution in [3.05, 3.63) is 65.2 Å². The molecule has 0 bridgehead atoms. The number of hydrogen-bond acceptors (Lipinski definition) is 4. The molecule has 4 rings (SSSR count). The van der Waals surface area contributed by atoms with Gasteiger partial charge in [-0.05, 0) is 73.8 Å². The lowest BCUT2D eigenvalue weighted by Crippen LogP contribution is -2.67. The van der Waals surface area contributed by atoms with Crippen molar-refractivity contribution in [1.82, 2.24) is 15.5 Å². The standard InChI is InChI=1S/C30H38N4O4/c1-17(2)14-25-28(36)33-26(23-15-21-8-6-7-9-22(21)16-23)30(38)34(25)27(29(37)31-18(3)4)20-10-12-24(13-11-20)32-19(5)35/h6-13,17-18,23,25-27H,14-16H2,1-5H3,(H,31,37)(H,32,35)(H,33,36)/t25-,26-,27+/m1/s1. The number of amides is 4. The Kier molecular flexibility index (Phi) is 8.19. The molecule has 3 N–H and O–H groups in total. The maximum Gasteiger partial charge on any atom is 0.247 e. The van der Waals surface area contributed by atoms with Crippen LogP contribution in [0.25, 0.3) is 0 Å². The van der Waals surface area contributed by atoms with Crippen molar-refractivity contribution >= 4 is 29.3 Å². The van der Waals surface area contributed by atoms with Crippen LogP contribution in [0.5, 0.6) is 0 Å². The molecule has 0 spiro atoms. The fourth-order valence-electron chi connectivity index (χ4n) is 5.63. The van der Waals surface area contributed by atoms with Crippen molar-refractivity contribution in [3.63, 3.8) is 0 Å². The number of nitrogens with zero attached hydrogens (tertiary/aromatic N) is 1. The largest absolute Gasteiger partial charge is 0.352 e. The number of piperazine rings is 1. The summed E-state index contributed by atoms with van der Waals surface area (Å²) >= 11 is 0. The van der Waals surface area contributed by atoms with Crippen LogP contribution in [0.3, 0.4) is 0 Å². The van der Waals surface area contributed by atoms with E-state index in [-0.39, 0.29) is 41.5 Å². The Balaban J connectivity index is 1.74. The van der Waals surface area contributed by atoms with Gasteiger partial charge in [-0.3, -0.25) is 19.2 Å². The number of carbonyl (C=O) groups excluding carboxylic acids is 4. The van der Waals surface area contributed by atoms with Crippen LogP contribution in [0.15, 0.2) is 48.5 Å². The fourth-order valence-corrected chi connectivity index (χ4v) is 5.63. The zero-order valence-corrected chi connectivity index (χ0v) is 22.8. The second-order valence-corrected chi connectivity index (χ2v) is 11.2. The first-order chi connectivity index (χ1) is 18.0. The highest BCUT2D eigenvalue weighted by molar-refractivity contribution is 6.00. The van der Waals surface area contributed by atoms with Gasteiger partial charge in [-0.1, -0.05) is 50.2 Å². The molecular formula is C30H38N4O4. The lowest BCUT2D eigenvalue weighted by atomic mass is 9.88. The molecule has 202 valence electrons. The van der Waals surface area contributed by atoms with Crippen molar-refractivity contribution in [3.8, 4) is 0 Å². The molecule has 3 atom stereocenters. The quantitative estimate of drug-likeness (QED) is 0.498. The number of hydrogen-bond donors (Lipinski definition) is 3. The van der Waals surface area contributed by atoms with E-state index < -0.39 is 18.1 Å². The van der Waals surface area contributed by atoms with Crippen molar-refractivity contribution < 1.29 is 19.2 Å². The lowest BCUT2D eigenvalue weighted by molar-refractivity contribution is -0.158. The second-order valence-electron chi connectivity index (χ2n) is 11.2. The lowest BCUT2D eigenvalue weighted by Gasteiger charge is -2.45. The van der Waals surface area contributed by atoms with Crippen LogP contribution in [0, 0.1) is 11.8 Å². The highest BCUT2D eigenvalue weighted by atomic mass is 16.2. The SMILES string of the molecule is CC(=O)Nc1ccc([C@@H](C(=O)NC(C)C)N2C(=O)[C@@H](C3Cc4ccccc4C3)NC(=O)[C@H]2CC(C)C)cc1. The van der Waals surface area contributed by atoms with Crippen molar-refractivity contribution in [1.29, 1.82) is 0 Å². The molecular weight excluding hydrogens is 480 g/mol. The summed E-state index contributed by atoms with van der Waals surface area (Å²) in [6.45, 7) is 9.16. The molecule has 0 saturated carbocycles. The fraction of sp³-hybridized carbons (Fsp3) is 0.467. The molecule has 0 aromatic heterocycles. The minimum atomic E-state index is -0.989. The van der Waals surface area contributed by atoms with E-state index in [1.165, 1.54) is 23.0 Å². The monoisotopic (exact) mass is 518 g/mol. The summed E-state index contributed by atoms with van der Waals surface area (Å²) in [7, 11) is 0. The summed E-state index contributed by atoms with van der Waals surface area (Å²) in [6, 6.07) is 12.4. The number of benzene rings is 2. The van der Waals surface area contributed by atoms with Gasteiger partial charge in [0.15, 0.2) is 0 Å². The van der Waals surface area contributed by atoms with Gasteiger partial charge in [0.1, 0.15) is 18.1 Å². The van der Waals surface area contributed by atoms with E-state index in [9.17, 15) is 19.2 Å². The number of fused-ring (bicyclic) bond motifs is 1. The zero-order valence-electron chi connectivity index (χ0n) is 22.8. The highest BCUT2D eigenvalue weighted by Crippen LogP contribution is 2.35. The van der Waals surface area contributed by atoms with E-state index in [1.807, 2.05) is 39.8 Å². The Labute approximate surface area is 224 Å². The molecule has 0 unspecified atom stereocenters. The molecule has 38 heavy (non-hydrogen) atoms. The summed E-state index contributed by atoms with van der Waals surface area (Å²) in [4.78, 5) is 54.6. The smallest absolute Gasteiger partial charge is 0.247 e. The summed E-state index contributed by atoms with van der Waals surface area (Å²) in [6.07, 6.45) is 1.83. The molecule has 2 aliphatic rings. The molecule has 8 heteroatoms. The Morgan fingerprint density at radius 1 is 0.974 bits per heavy atom. The summed E-state index contributed by atoms with van der Waals surface area (Å²) in [5.74, 6) is -0.948. The van der Waals surface area contributed by atoms with Crippen LogP contribution in [0.4, 0.5) is 5.69 Å². The number of nitrogens with one attached hydrogen (secondary N) is 3. The van der Waals surface area contributed by atoms with Crippen LogP contribution in [0.2, 0.25) is 0 Å². The molecule has 8 nitrogen and oxygen atoms in total. The Morgan fingerprint density at radius 2 is 1.58 bits per heavy atom. The van der Waals surface area contributed by atoms with E-state index in [4.69, 9.17) is 0 Å². The van der Waals surface area contributed by atoms with Gasteiger partial charge < -0.3 is 20.9 Å². The summed E-state index contributed by atoms with van der Waals surface area (Å²) in [5.41, 5.74) is 3.56. The summed E-state index contributed by atoms with van der Waals surface area (Å²) in [5, 5.41) is 8.73. The maximum atomic E-state index is 14.3. The van der Waals surface area contributed by atoms with E-state index in [2.05, 4.69) is 28.1 Å². The second kappa shape index (κ2) is 11.4. The molecule has 1 heterocycles. The van der Waals surface area contributed by atoms with Gasteiger partial charge in [-0.25, -0.2) is 0 Å². The Morgan fingerprint density at radius 3 is 2.11 bits per heavy atom. The van der Waals surface area contributed by atoms with E-state index >= 15 is 0 Å². The third-order valence-electron chi connectivity index (χ3n) is 7.21. The third kappa shape index (κ3) is 5.90. The molecule has 1 aliphatic carbocycles. The van der Waals surface area contributed by atoms with Gasteiger partial charge in [-0.2, -0.15) is 0 Å². The molecule has 1 aliphatic heterocycles. The van der Waals surface area contributed by atoms with Gasteiger partial charge >= 0.3 is 0 Å². The van der Waals surface area contributed by atoms with Crippen molar-refractivity contribution in [2.75, 3.05) is 5.32 Å². The van der Waals surface area contributed by atoms with E-state index in [0.29, 0.717) is 30.5 Å². The highest BCUT2D eigenvalue weighted by Gasteiger charge is 2.49. The first-order valence-electron chi connectivity index (χ1n) is 13.4. The predicted molar refractivity (Wildman–Crippen MR) is 146 cm³/mol. The topological polar surface area (TPSA) is 108 Å². The first kappa shape index (κ1) is 27.4. The van der Waals surface area contributed by atoms with E-state index in [0.717, 1.165) is 0 Å². The summed E-state index contributed by atoms with van der Waals surface area (Å²) < 4.78 is 0. The van der Waals surface area contributed by atoms with Crippen LogP contribution in [0.1, 0.15) is 63.8 Å². The van der Waals surface area contributed by atoms with Crippen LogP contribution in [-0.4, -0.2) is 46.7 Å². The predicted octanol–water partition coefficient (Wildman–Crippen LogP) is 3.37. The van der Waals surface area contributed by atoms with Gasteiger partial charge in [0, 0.05) is 18.7 Å². The average molecular weight is 519 g/mol. The molecule has 4 amide bonds. The number of rotatable bonds is 8. The average Bonchev–Trinajstić information content (AvgIpc) is 3.27. The normalized spacial score (nSPS) is 20.3. The number of carbonyl (C=O) groups is 4. The molecule has 1 saturated heterocycles. The van der Waals surface area contributed by atoms with Gasteiger partial charge in [0.2, 0.25) is 23.6 Å². The molecule has 2 aromatic rings.